The van der Waals surface area contributed by atoms with Gasteiger partial charge in [-0.1, -0.05) is 30.3 Å². The molecule has 1 unspecified atom stereocenters. The molecule has 9 nitrogen and oxygen atoms in total. The van der Waals surface area contributed by atoms with Crippen LogP contribution < -0.4 is 5.32 Å². The van der Waals surface area contributed by atoms with Crippen LogP contribution in [-0.4, -0.2) is 68.0 Å². The lowest BCUT2D eigenvalue weighted by atomic mass is 9.90. The van der Waals surface area contributed by atoms with Crippen LogP contribution in [0, 0.1) is 0 Å². The third-order valence-electron chi connectivity index (χ3n) is 4.25. The van der Waals surface area contributed by atoms with Crippen LogP contribution in [0.25, 0.3) is 0 Å². The average molecular weight is 422 g/mol. The van der Waals surface area contributed by atoms with Crippen molar-refractivity contribution < 1.29 is 40.8 Å². The van der Waals surface area contributed by atoms with Crippen molar-refractivity contribution in [2.24, 2.45) is 0 Å². The third-order valence-corrected chi connectivity index (χ3v) is 4.79. The van der Waals surface area contributed by atoms with E-state index in [9.17, 15) is 26.8 Å². The number of carboxylic acid groups (broad SMARTS) is 1. The van der Waals surface area contributed by atoms with E-state index in [0.29, 0.717) is 16.7 Å². The predicted octanol–water partition coefficient (Wildman–Crippen LogP) is 1.65. The Hall–Kier alpha value is -2.47. The van der Waals surface area contributed by atoms with Gasteiger partial charge in [0.05, 0.1) is 12.8 Å². The van der Waals surface area contributed by atoms with Crippen LogP contribution in [0.4, 0.5) is 18.4 Å². The number of hydrogen-bond acceptors (Lipinski definition) is 6. The van der Waals surface area contributed by atoms with Gasteiger partial charge in [0.25, 0.3) is 16.0 Å². The Labute approximate surface area is 160 Å². The van der Waals surface area contributed by atoms with Crippen molar-refractivity contribution >= 4 is 22.3 Å². The number of nitrogens with one attached hydrogen (secondary N) is 1. The van der Waals surface area contributed by atoms with E-state index in [1.165, 1.54) is 0 Å². The predicted molar refractivity (Wildman–Crippen MR) is 92.5 cm³/mol. The largest absolute Gasteiger partial charge is 0.465 e. The maximum atomic E-state index is 14.8. The molecular formula is C16H20F2N2O7S. The summed E-state index contributed by atoms with van der Waals surface area (Å²) in [5.41, 5.74) is -1.75. The van der Waals surface area contributed by atoms with Crippen LogP contribution >= 0.6 is 0 Å². The highest BCUT2D eigenvalue weighted by atomic mass is 32.2. The number of amides is 2. The Bertz CT molecular complexity index is 820. The van der Waals surface area contributed by atoms with Crippen molar-refractivity contribution in [3.8, 4) is 0 Å². The number of halogens is 2. The van der Waals surface area contributed by atoms with Crippen molar-refractivity contribution in [3.63, 3.8) is 0 Å². The van der Waals surface area contributed by atoms with E-state index in [1.54, 1.807) is 30.3 Å². The highest BCUT2D eigenvalue weighted by Crippen LogP contribution is 2.37. The van der Waals surface area contributed by atoms with E-state index in [-0.39, 0.29) is 13.2 Å². The smallest absolute Gasteiger partial charge is 0.408 e. The monoisotopic (exact) mass is 422 g/mol. The van der Waals surface area contributed by atoms with Crippen LogP contribution in [0.3, 0.4) is 0 Å². The quantitative estimate of drug-likeness (QED) is 0.641. The zero-order valence-corrected chi connectivity index (χ0v) is 15.7. The van der Waals surface area contributed by atoms with E-state index in [0.717, 1.165) is 0 Å². The molecule has 0 radical (unpaired) electrons. The zero-order chi connectivity index (χ0) is 21.0. The van der Waals surface area contributed by atoms with E-state index < -0.39 is 53.3 Å². The summed E-state index contributed by atoms with van der Waals surface area (Å²) >= 11 is 0. The summed E-state index contributed by atoms with van der Waals surface area (Å²) in [5, 5.41) is 11.1. The van der Waals surface area contributed by atoms with Crippen molar-refractivity contribution in [2.75, 3.05) is 26.0 Å². The lowest BCUT2D eigenvalue weighted by Gasteiger charge is -2.36. The molecule has 1 fully saturated rings. The second-order valence-corrected chi connectivity index (χ2v) is 8.04. The van der Waals surface area contributed by atoms with Gasteiger partial charge in [-0.25, -0.2) is 18.4 Å². The van der Waals surface area contributed by atoms with Gasteiger partial charge < -0.3 is 20.1 Å². The van der Waals surface area contributed by atoms with Gasteiger partial charge >= 0.3 is 12.2 Å². The van der Waals surface area contributed by atoms with Crippen molar-refractivity contribution in [1.29, 1.82) is 0 Å². The molecule has 0 aromatic heterocycles. The number of rotatable bonds is 7. The van der Waals surface area contributed by atoms with Crippen LogP contribution in [0.1, 0.15) is 12.0 Å². The Morgan fingerprint density at radius 3 is 2.50 bits per heavy atom. The zero-order valence-electron chi connectivity index (χ0n) is 14.9. The van der Waals surface area contributed by atoms with E-state index in [4.69, 9.17) is 9.84 Å². The standard InChI is InChI=1S/C16H20F2N2O7S/c1-28(24,25)27-11-16(17,18)15(7-8-20(10-15)14(22)23)19-13(21)26-9-12-5-3-2-4-6-12/h2-6H,7-11H2,1H3,(H,19,21)(H,22,23). The summed E-state index contributed by atoms with van der Waals surface area (Å²) in [4.78, 5) is 24.0. The number of alkyl halides is 2. The van der Waals surface area contributed by atoms with Gasteiger partial charge in [0.2, 0.25) is 0 Å². The van der Waals surface area contributed by atoms with Gasteiger partial charge in [-0.2, -0.15) is 8.42 Å². The molecule has 2 N–H and O–H groups in total. The summed E-state index contributed by atoms with van der Waals surface area (Å²) in [7, 11) is -4.17. The van der Waals surface area contributed by atoms with Gasteiger partial charge in [-0.15, -0.1) is 0 Å². The maximum Gasteiger partial charge on any atom is 0.408 e. The molecule has 0 bridgehead atoms. The molecule has 1 heterocycles. The average Bonchev–Trinajstić information content (AvgIpc) is 3.05. The minimum Gasteiger partial charge on any atom is -0.465 e. The number of likely N-dealkylation sites (tertiary alicyclic amines) is 1. The second-order valence-electron chi connectivity index (χ2n) is 6.39. The first kappa shape index (κ1) is 21.8. The molecule has 1 atom stereocenters. The van der Waals surface area contributed by atoms with Gasteiger partial charge in [0, 0.05) is 6.54 Å². The molecule has 1 aromatic rings. The van der Waals surface area contributed by atoms with Crippen LogP contribution in [-0.2, 0) is 25.6 Å². The van der Waals surface area contributed by atoms with Gasteiger partial charge in [-0.05, 0) is 12.0 Å². The number of hydrogen-bond donors (Lipinski definition) is 2. The minimum atomic E-state index is -4.17. The molecule has 1 saturated heterocycles. The molecule has 0 saturated carbocycles. The molecule has 0 spiro atoms. The number of carbonyl (C=O) groups is 2. The van der Waals surface area contributed by atoms with E-state index in [1.807, 2.05) is 5.32 Å². The summed E-state index contributed by atoms with van der Waals surface area (Å²) in [6.45, 7) is -2.75. The third kappa shape index (κ3) is 5.52. The molecule has 1 aliphatic rings. The first-order chi connectivity index (χ1) is 12.9. The SMILES string of the molecule is CS(=O)(=O)OCC(F)(F)C1(NC(=O)OCc2ccccc2)CCN(C(=O)O)C1. The molecule has 28 heavy (non-hydrogen) atoms. The van der Waals surface area contributed by atoms with Gasteiger partial charge in [0.1, 0.15) is 18.8 Å². The maximum absolute atomic E-state index is 14.8. The summed E-state index contributed by atoms with van der Waals surface area (Å²) in [5.74, 6) is -3.88. The number of benzene rings is 1. The Balaban J connectivity index is 2.14. The lowest BCUT2D eigenvalue weighted by Crippen LogP contribution is -2.64. The van der Waals surface area contributed by atoms with E-state index in [2.05, 4.69) is 4.18 Å². The Morgan fingerprint density at radius 2 is 1.96 bits per heavy atom. The number of carbonyl (C=O) groups excluding carboxylic acids is 1. The number of alkyl carbamates (subject to hydrolysis) is 1. The fourth-order valence-electron chi connectivity index (χ4n) is 2.74. The molecule has 12 heteroatoms. The Morgan fingerprint density at radius 1 is 1.32 bits per heavy atom. The van der Waals surface area contributed by atoms with E-state index >= 15 is 0 Å². The summed E-state index contributed by atoms with van der Waals surface area (Å²) in [6.07, 6.45) is -2.47. The lowest BCUT2D eigenvalue weighted by molar-refractivity contribution is -0.110. The number of ether oxygens (including phenoxy) is 1. The van der Waals surface area contributed by atoms with Crippen molar-refractivity contribution in [1.82, 2.24) is 10.2 Å². The fourth-order valence-corrected chi connectivity index (χ4v) is 3.10. The first-order valence-electron chi connectivity index (χ1n) is 8.13. The van der Waals surface area contributed by atoms with Crippen LogP contribution in [0.5, 0.6) is 0 Å². The van der Waals surface area contributed by atoms with Crippen molar-refractivity contribution in [2.45, 2.75) is 24.5 Å². The normalized spacial score (nSPS) is 20.0. The molecule has 156 valence electrons. The molecule has 0 aliphatic carbocycles. The summed E-state index contributed by atoms with van der Waals surface area (Å²) < 4.78 is 60.9. The Kier molecular flexibility index (Phi) is 6.44. The summed E-state index contributed by atoms with van der Waals surface area (Å²) in [6, 6.07) is 8.49. The molecule has 1 aliphatic heterocycles. The molecule has 2 rings (SSSR count). The van der Waals surface area contributed by atoms with Crippen molar-refractivity contribution in [3.05, 3.63) is 35.9 Å². The first-order valence-corrected chi connectivity index (χ1v) is 9.95. The van der Waals surface area contributed by atoms with Crippen LogP contribution in [0.2, 0.25) is 0 Å². The molecule has 2 amide bonds. The topological polar surface area (TPSA) is 122 Å². The minimum absolute atomic E-state index is 0.184. The fraction of sp³-hybridized carbons (Fsp3) is 0.500. The highest BCUT2D eigenvalue weighted by Gasteiger charge is 2.59. The number of nitrogens with zero attached hydrogens (tertiary/aromatic N) is 1. The van der Waals surface area contributed by atoms with Gasteiger partial charge in [0.15, 0.2) is 0 Å². The molecular weight excluding hydrogens is 402 g/mol. The second kappa shape index (κ2) is 8.27. The van der Waals surface area contributed by atoms with Crippen LogP contribution in [0.15, 0.2) is 30.3 Å². The van der Waals surface area contributed by atoms with Gasteiger partial charge in [-0.3, -0.25) is 4.18 Å². The molecule has 1 aromatic carbocycles. The highest BCUT2D eigenvalue weighted by molar-refractivity contribution is 7.85.